The van der Waals surface area contributed by atoms with Crippen LogP contribution in [0.2, 0.25) is 0 Å². The van der Waals surface area contributed by atoms with E-state index in [9.17, 15) is 13.2 Å². The molecule has 0 radical (unpaired) electrons. The summed E-state index contributed by atoms with van der Waals surface area (Å²) in [5.41, 5.74) is -3.84. The number of benzene rings is 1. The number of rotatable bonds is 0. The Balaban J connectivity index is 2.74. The fraction of sp³-hybridized carbons (Fsp3) is 0.529. The van der Waals surface area contributed by atoms with Gasteiger partial charge in [-0.3, -0.25) is 0 Å². The molecule has 1 aliphatic rings. The first-order valence-corrected chi connectivity index (χ1v) is 9.61. The molecule has 1 aromatic rings. The van der Waals surface area contributed by atoms with E-state index in [1.807, 2.05) is 26.8 Å². The van der Waals surface area contributed by atoms with Gasteiger partial charge in [0.1, 0.15) is 0 Å². The van der Waals surface area contributed by atoms with Crippen LogP contribution in [0.3, 0.4) is 0 Å². The zero-order chi connectivity index (χ0) is 17.1. The maximum Gasteiger partial charge on any atom is 0.445 e. The molecule has 22 heavy (non-hydrogen) atoms. The van der Waals surface area contributed by atoms with E-state index in [0.717, 1.165) is 5.56 Å². The molecule has 1 unspecified atom stereocenters. The largest absolute Gasteiger partial charge is 0.445 e. The minimum atomic E-state index is -4.46. The Hall–Kier alpha value is -0.610. The lowest BCUT2D eigenvalue weighted by Gasteiger charge is -2.40. The van der Waals surface area contributed by atoms with Crippen molar-refractivity contribution in [2.75, 3.05) is 0 Å². The van der Waals surface area contributed by atoms with Gasteiger partial charge in [-0.1, -0.05) is 53.7 Å². The van der Waals surface area contributed by atoms with Crippen LogP contribution >= 0.6 is 19.9 Å². The second-order valence-corrected chi connectivity index (χ2v) is 11.6. The van der Waals surface area contributed by atoms with E-state index >= 15 is 0 Å². The highest BCUT2D eigenvalue weighted by atomic mass is 35.7. The normalized spacial score (nSPS) is 25.5. The third kappa shape index (κ3) is 2.69. The van der Waals surface area contributed by atoms with E-state index < -0.39 is 20.2 Å². The van der Waals surface area contributed by atoms with Crippen molar-refractivity contribution in [1.29, 1.82) is 0 Å². The number of fused-ring (bicyclic) bond motifs is 1. The molecule has 0 N–H and O–H groups in total. The van der Waals surface area contributed by atoms with Gasteiger partial charge in [-0.2, -0.15) is 13.2 Å². The van der Waals surface area contributed by atoms with Crippen molar-refractivity contribution in [3.05, 3.63) is 34.2 Å². The van der Waals surface area contributed by atoms with Crippen molar-refractivity contribution in [3.8, 4) is 0 Å². The second kappa shape index (κ2) is 4.94. The maximum atomic E-state index is 13.9. The third-order valence-corrected chi connectivity index (χ3v) is 8.29. The van der Waals surface area contributed by atoms with E-state index in [1.165, 1.54) is 0 Å². The molecule has 0 saturated carbocycles. The van der Waals surface area contributed by atoms with Crippen LogP contribution < -0.4 is 0 Å². The molecule has 1 aliphatic heterocycles. The Morgan fingerprint density at radius 2 is 1.45 bits per heavy atom. The predicted molar refractivity (Wildman–Crippen MR) is 90.3 cm³/mol. The fourth-order valence-electron chi connectivity index (χ4n) is 2.59. The fourth-order valence-corrected chi connectivity index (χ4v) is 6.43. The Morgan fingerprint density at radius 1 is 0.909 bits per heavy atom. The zero-order valence-electron chi connectivity index (χ0n) is 13.7. The Kier molecular flexibility index (Phi) is 3.98. The molecule has 5 heteroatoms. The molecule has 0 bridgehead atoms. The van der Waals surface area contributed by atoms with E-state index in [0.29, 0.717) is 5.56 Å². The molecule has 0 aliphatic carbocycles. The molecule has 0 fully saturated rings. The van der Waals surface area contributed by atoms with Gasteiger partial charge in [0.05, 0.1) is 0 Å². The molecular formula is C17H22ClF3S. The van der Waals surface area contributed by atoms with Crippen LogP contribution in [0, 0.1) is 5.41 Å². The lowest BCUT2D eigenvalue weighted by atomic mass is 9.86. The monoisotopic (exact) mass is 350 g/mol. The second-order valence-electron chi connectivity index (χ2n) is 7.74. The molecule has 1 aromatic carbocycles. The summed E-state index contributed by atoms with van der Waals surface area (Å²) >= 11 is 0. The molecule has 0 nitrogen and oxygen atoms in total. The molecule has 0 amide bonds. The summed E-state index contributed by atoms with van der Waals surface area (Å²) in [4.78, 5) is 0.522. The van der Waals surface area contributed by atoms with Crippen molar-refractivity contribution in [1.82, 2.24) is 0 Å². The summed E-state index contributed by atoms with van der Waals surface area (Å²) in [6.45, 7) is 11.3. The van der Waals surface area contributed by atoms with Gasteiger partial charge < -0.3 is 0 Å². The van der Waals surface area contributed by atoms with Crippen LogP contribution in [0.1, 0.15) is 52.7 Å². The van der Waals surface area contributed by atoms with Gasteiger partial charge in [0.15, 0.2) is 0 Å². The predicted octanol–water partition coefficient (Wildman–Crippen LogP) is 7.22. The average Bonchev–Trinajstić information content (AvgIpc) is 2.62. The molecular weight excluding hydrogens is 329 g/mol. The molecule has 1 atom stereocenters. The lowest BCUT2D eigenvalue weighted by Crippen LogP contribution is -2.22. The van der Waals surface area contributed by atoms with Crippen LogP contribution in [0.4, 0.5) is 13.2 Å². The lowest BCUT2D eigenvalue weighted by molar-refractivity contribution is -0.0362. The number of alkyl halides is 3. The SMILES string of the molecule is CC(C)(C)C1=Cc2ccc(C(C)(C)C)cc2S1(Cl)C(F)(F)F. The Bertz CT molecular complexity index is 633. The van der Waals surface area contributed by atoms with Crippen LogP contribution in [-0.4, -0.2) is 5.51 Å². The summed E-state index contributed by atoms with van der Waals surface area (Å²) in [7, 11) is 2.81. The van der Waals surface area contributed by atoms with E-state index in [4.69, 9.17) is 10.7 Å². The van der Waals surface area contributed by atoms with Gasteiger partial charge in [0, 0.05) is 4.90 Å². The quantitative estimate of drug-likeness (QED) is 0.463. The minimum absolute atomic E-state index is 0.220. The summed E-state index contributed by atoms with van der Waals surface area (Å²) < 4.78 is 41.7. The molecule has 0 saturated heterocycles. The maximum absolute atomic E-state index is 13.9. The van der Waals surface area contributed by atoms with Gasteiger partial charge in [0.25, 0.3) is 0 Å². The van der Waals surface area contributed by atoms with E-state index in [2.05, 4.69) is 0 Å². The van der Waals surface area contributed by atoms with Gasteiger partial charge >= 0.3 is 5.51 Å². The Labute approximate surface area is 136 Å². The molecule has 2 rings (SSSR count). The van der Waals surface area contributed by atoms with Gasteiger partial charge in [-0.25, -0.2) is 0 Å². The molecule has 0 spiro atoms. The van der Waals surface area contributed by atoms with E-state index in [-0.39, 0.29) is 15.2 Å². The molecule has 124 valence electrons. The van der Waals surface area contributed by atoms with Crippen molar-refractivity contribution < 1.29 is 13.2 Å². The highest BCUT2D eigenvalue weighted by Crippen LogP contribution is 2.82. The van der Waals surface area contributed by atoms with Crippen molar-refractivity contribution >= 4 is 26.0 Å². The molecule has 0 aromatic heterocycles. The smallest absolute Gasteiger partial charge is 0.160 e. The van der Waals surface area contributed by atoms with Crippen LogP contribution in [0.5, 0.6) is 0 Å². The van der Waals surface area contributed by atoms with Gasteiger partial charge in [-0.05, 0) is 58.9 Å². The van der Waals surface area contributed by atoms with Crippen molar-refractivity contribution in [3.63, 3.8) is 0 Å². The zero-order valence-corrected chi connectivity index (χ0v) is 15.3. The minimum Gasteiger partial charge on any atom is -0.160 e. The van der Waals surface area contributed by atoms with Crippen molar-refractivity contribution in [2.24, 2.45) is 5.41 Å². The number of hydrogen-bond donors (Lipinski definition) is 0. The first-order chi connectivity index (χ1) is 9.69. The molecule has 1 heterocycles. The highest BCUT2D eigenvalue weighted by molar-refractivity contribution is 8.54. The first-order valence-electron chi connectivity index (χ1n) is 7.15. The topological polar surface area (TPSA) is 0 Å². The number of allylic oxidation sites excluding steroid dienone is 1. The summed E-state index contributed by atoms with van der Waals surface area (Å²) in [6, 6.07) is 5.32. The summed E-state index contributed by atoms with van der Waals surface area (Å²) in [6.07, 6.45) is 1.64. The summed E-state index contributed by atoms with van der Waals surface area (Å²) in [5.74, 6) is 0. The van der Waals surface area contributed by atoms with Crippen molar-refractivity contribution in [2.45, 2.75) is 57.4 Å². The van der Waals surface area contributed by atoms with Crippen LogP contribution in [0.15, 0.2) is 28.0 Å². The van der Waals surface area contributed by atoms with Crippen LogP contribution in [0.25, 0.3) is 6.08 Å². The highest BCUT2D eigenvalue weighted by Gasteiger charge is 2.58. The average molecular weight is 351 g/mol. The van der Waals surface area contributed by atoms with Gasteiger partial charge in [-0.15, -0.1) is 0 Å². The van der Waals surface area contributed by atoms with E-state index in [1.54, 1.807) is 39.0 Å². The van der Waals surface area contributed by atoms with Gasteiger partial charge in [0.2, 0.25) is 0 Å². The first kappa shape index (κ1) is 17.7. The van der Waals surface area contributed by atoms with Crippen LogP contribution in [-0.2, 0) is 5.41 Å². The summed E-state index contributed by atoms with van der Waals surface area (Å²) in [5, 5.41) is 0. The number of halogens is 4. The standard InChI is InChI=1S/C17H22ClF3S/c1-15(2,3)12-8-7-11-9-14(16(4,5)6)22(18,13(11)10-12)17(19,20)21/h7-10H,1-6H3. The third-order valence-electron chi connectivity index (χ3n) is 3.83. The Morgan fingerprint density at radius 3 is 1.86 bits per heavy atom. The number of hydrogen-bond acceptors (Lipinski definition) is 0.